The zero-order valence-electron chi connectivity index (χ0n) is 19.7. The normalized spacial score (nSPS) is 46.5. The van der Waals surface area contributed by atoms with Crippen molar-refractivity contribution in [2.24, 2.45) is 28.6 Å². The van der Waals surface area contributed by atoms with E-state index < -0.39 is 38.3 Å². The average molecular weight is 497 g/mol. The molecule has 0 aromatic rings. The summed E-state index contributed by atoms with van der Waals surface area (Å²) >= 11 is 0. The summed E-state index contributed by atoms with van der Waals surface area (Å²) in [6.07, 6.45) is 4.45. The Morgan fingerprint density at radius 2 is 1.80 bits per heavy atom. The Morgan fingerprint density at radius 3 is 2.46 bits per heavy atom. The minimum absolute atomic E-state index is 0.00378. The molecule has 8 atom stereocenters. The lowest BCUT2D eigenvalue weighted by molar-refractivity contribution is -0.772. The van der Waals surface area contributed by atoms with E-state index in [4.69, 9.17) is 14.4 Å². The fourth-order valence-electron chi connectivity index (χ4n) is 8.85. The van der Waals surface area contributed by atoms with Gasteiger partial charge in [0, 0.05) is 23.3 Å². The maximum atomic E-state index is 12.3. The topological polar surface area (TPSA) is 171 Å². The van der Waals surface area contributed by atoms with Gasteiger partial charge in [-0.3, -0.25) is 0 Å². The largest absolute Gasteiger partial charge is 0.458 e. The van der Waals surface area contributed by atoms with E-state index in [-0.39, 0.29) is 62.6 Å². The van der Waals surface area contributed by atoms with E-state index in [9.17, 15) is 35.2 Å². The molecule has 5 aliphatic rings. The number of rotatable bonds is 6. The summed E-state index contributed by atoms with van der Waals surface area (Å²) in [6, 6.07) is 0. The number of hydrogen-bond acceptors (Lipinski definition) is 10. The molecule has 0 aromatic carbocycles. The highest BCUT2D eigenvalue weighted by atomic mass is 17.0. The SMILES string of the molecule is C[C@]12CC[C@H]3[C@H](CC[C@]4(O)C[C@H](O[N+](=O)[O-])CC[C@]34CO[N+](=O)[O-])[C@@]1(O)CC[C@H]2C1=CC(=O)OC1. The molecule has 0 saturated heterocycles. The average Bonchev–Trinajstić information content (AvgIpc) is 3.31. The molecule has 2 N–H and O–H groups in total. The number of cyclic esters (lactones) is 1. The highest BCUT2D eigenvalue weighted by Gasteiger charge is 2.71. The van der Waals surface area contributed by atoms with Crippen molar-refractivity contribution in [2.75, 3.05) is 13.2 Å². The van der Waals surface area contributed by atoms with Gasteiger partial charge in [0.25, 0.3) is 10.2 Å². The van der Waals surface area contributed by atoms with E-state index in [0.29, 0.717) is 32.1 Å². The van der Waals surface area contributed by atoms with Gasteiger partial charge in [-0.1, -0.05) is 6.92 Å². The van der Waals surface area contributed by atoms with Crippen LogP contribution in [0.15, 0.2) is 11.6 Å². The molecular weight excluding hydrogens is 464 g/mol. The summed E-state index contributed by atoms with van der Waals surface area (Å²) in [7, 11) is 0. The van der Waals surface area contributed by atoms with Crippen molar-refractivity contribution < 1.29 is 39.6 Å². The second kappa shape index (κ2) is 8.02. The number of hydrogen-bond donors (Lipinski definition) is 2. The van der Waals surface area contributed by atoms with Gasteiger partial charge in [-0.15, -0.1) is 20.2 Å². The van der Waals surface area contributed by atoms with E-state index in [1.54, 1.807) is 0 Å². The lowest BCUT2D eigenvalue weighted by atomic mass is 9.41. The van der Waals surface area contributed by atoms with Crippen LogP contribution in [0, 0.1) is 48.8 Å². The third kappa shape index (κ3) is 3.43. The van der Waals surface area contributed by atoms with Crippen molar-refractivity contribution in [3.05, 3.63) is 31.9 Å². The number of ether oxygens (including phenoxy) is 1. The highest BCUT2D eigenvalue weighted by molar-refractivity contribution is 5.85. The number of esters is 1. The molecule has 0 spiro atoms. The first-order valence-electron chi connectivity index (χ1n) is 12.3. The van der Waals surface area contributed by atoms with Gasteiger partial charge in [0.15, 0.2) is 0 Å². The number of carbonyl (C=O) groups is 1. The highest BCUT2D eigenvalue weighted by Crippen LogP contribution is 2.70. The van der Waals surface area contributed by atoms with Gasteiger partial charge < -0.3 is 24.6 Å². The molecular formula is C23H32N2O10. The summed E-state index contributed by atoms with van der Waals surface area (Å²) in [5.74, 6) is -0.852. The Bertz CT molecular complexity index is 972. The van der Waals surface area contributed by atoms with Crippen LogP contribution in [0.25, 0.3) is 0 Å². The molecule has 4 fully saturated rings. The third-order valence-electron chi connectivity index (χ3n) is 10.4. The van der Waals surface area contributed by atoms with E-state index >= 15 is 0 Å². The maximum Gasteiger partial charge on any atom is 0.331 e. The van der Waals surface area contributed by atoms with E-state index in [0.717, 1.165) is 5.57 Å². The molecule has 0 radical (unpaired) electrons. The predicted molar refractivity (Wildman–Crippen MR) is 116 cm³/mol. The number of carbonyl (C=O) groups excluding carboxylic acids is 1. The molecule has 12 heteroatoms. The molecule has 0 unspecified atom stereocenters. The Morgan fingerprint density at radius 1 is 1.06 bits per heavy atom. The molecule has 1 heterocycles. The van der Waals surface area contributed by atoms with Gasteiger partial charge in [0.2, 0.25) is 0 Å². The second-order valence-electron chi connectivity index (χ2n) is 11.4. The van der Waals surface area contributed by atoms with Crippen LogP contribution in [0.4, 0.5) is 0 Å². The lowest BCUT2D eigenvalue weighted by Gasteiger charge is -2.66. The van der Waals surface area contributed by atoms with Crippen molar-refractivity contribution in [3.8, 4) is 0 Å². The predicted octanol–water partition coefficient (Wildman–Crippen LogP) is 2.12. The quantitative estimate of drug-likeness (QED) is 0.315. The molecule has 0 aromatic heterocycles. The maximum absolute atomic E-state index is 12.3. The first-order chi connectivity index (χ1) is 16.4. The Hall–Kier alpha value is -2.47. The summed E-state index contributed by atoms with van der Waals surface area (Å²) in [5.41, 5.74) is -3.15. The molecule has 4 aliphatic carbocycles. The summed E-state index contributed by atoms with van der Waals surface area (Å²) in [5, 5.41) is 44.5. The van der Waals surface area contributed by atoms with Crippen LogP contribution in [0.3, 0.4) is 0 Å². The Balaban J connectivity index is 1.48. The summed E-state index contributed by atoms with van der Waals surface area (Å²) in [6.45, 7) is 1.97. The van der Waals surface area contributed by atoms with Gasteiger partial charge >= 0.3 is 5.97 Å². The first-order valence-corrected chi connectivity index (χ1v) is 12.3. The molecule has 35 heavy (non-hydrogen) atoms. The number of fused-ring (bicyclic) bond motifs is 5. The standard InChI is InChI=1S/C23H32N2O10/c1-20-6-3-17-18(23(20,28)9-5-16(20)14-10-19(26)33-12-14)4-8-22(27)11-15(35-25(31)32)2-7-21(17,22)13-34-24(29)30/h10,15-18,27-28H,2-9,11-13H2,1H3/t15-,16+,17+,18+,20-,21+,22+,23+/m1/s1. The van der Waals surface area contributed by atoms with Gasteiger partial charge in [0.05, 0.1) is 11.2 Å². The van der Waals surface area contributed by atoms with Crippen LogP contribution >= 0.6 is 0 Å². The van der Waals surface area contributed by atoms with Crippen LogP contribution in [0.1, 0.15) is 64.7 Å². The van der Waals surface area contributed by atoms with Crippen molar-refractivity contribution in [2.45, 2.75) is 82.0 Å². The smallest absolute Gasteiger partial charge is 0.331 e. The summed E-state index contributed by atoms with van der Waals surface area (Å²) in [4.78, 5) is 43.5. The van der Waals surface area contributed by atoms with Gasteiger partial charge in [-0.2, -0.15) is 0 Å². The molecule has 4 saturated carbocycles. The monoisotopic (exact) mass is 496 g/mol. The first kappa shape index (κ1) is 24.2. The van der Waals surface area contributed by atoms with Crippen molar-refractivity contribution >= 4 is 5.97 Å². The zero-order chi connectivity index (χ0) is 25.2. The van der Waals surface area contributed by atoms with E-state index in [1.807, 2.05) is 0 Å². The molecule has 0 bridgehead atoms. The molecule has 12 nitrogen and oxygen atoms in total. The van der Waals surface area contributed by atoms with Gasteiger partial charge in [-0.25, -0.2) is 4.79 Å². The van der Waals surface area contributed by atoms with Crippen molar-refractivity contribution in [1.82, 2.24) is 0 Å². The van der Waals surface area contributed by atoms with Crippen molar-refractivity contribution in [1.29, 1.82) is 0 Å². The minimum Gasteiger partial charge on any atom is -0.458 e. The van der Waals surface area contributed by atoms with Gasteiger partial charge in [-0.05, 0) is 74.7 Å². The molecule has 194 valence electrons. The fraction of sp³-hybridized carbons (Fsp3) is 0.870. The van der Waals surface area contributed by atoms with Gasteiger partial charge in [0.1, 0.15) is 19.3 Å². The van der Waals surface area contributed by atoms with E-state index in [2.05, 4.69) is 6.92 Å². The molecule has 0 amide bonds. The van der Waals surface area contributed by atoms with E-state index in [1.165, 1.54) is 6.08 Å². The van der Waals surface area contributed by atoms with Crippen molar-refractivity contribution in [3.63, 3.8) is 0 Å². The minimum atomic E-state index is -1.44. The third-order valence-corrected chi connectivity index (χ3v) is 10.4. The molecule has 5 rings (SSSR count). The Kier molecular flexibility index (Phi) is 5.55. The fourth-order valence-corrected chi connectivity index (χ4v) is 8.85. The van der Waals surface area contributed by atoms with Crippen LogP contribution in [-0.4, -0.2) is 56.9 Å². The number of nitrogens with zero attached hydrogens (tertiary/aromatic N) is 2. The second-order valence-corrected chi connectivity index (χ2v) is 11.4. The van der Waals surface area contributed by atoms with Crippen LogP contribution < -0.4 is 0 Å². The van der Waals surface area contributed by atoms with Crippen LogP contribution in [0.2, 0.25) is 0 Å². The summed E-state index contributed by atoms with van der Waals surface area (Å²) < 4.78 is 5.15. The zero-order valence-corrected chi connectivity index (χ0v) is 19.7. The van der Waals surface area contributed by atoms with Crippen LogP contribution in [0.5, 0.6) is 0 Å². The molecule has 1 aliphatic heterocycles. The number of aliphatic hydroxyl groups is 2. The van der Waals surface area contributed by atoms with Crippen LogP contribution in [-0.2, 0) is 19.2 Å². The Labute approximate surface area is 201 Å². The lowest BCUT2D eigenvalue weighted by Crippen LogP contribution is -2.69.